The number of halogens is 2. The van der Waals surface area contributed by atoms with Gasteiger partial charge in [0.05, 0.1) is 0 Å². The van der Waals surface area contributed by atoms with Gasteiger partial charge in [0.2, 0.25) is 0 Å². The zero-order valence-corrected chi connectivity index (χ0v) is 11.3. The quantitative estimate of drug-likeness (QED) is 0.916. The fourth-order valence-electron chi connectivity index (χ4n) is 1.69. The molecule has 0 bridgehead atoms. The predicted octanol–water partition coefficient (Wildman–Crippen LogP) is 3.81. The number of hydrogen-bond donors (Lipinski definition) is 1. The summed E-state index contributed by atoms with van der Waals surface area (Å²) in [6, 6.07) is 8.75. The van der Waals surface area contributed by atoms with Gasteiger partial charge in [-0.15, -0.1) is 0 Å². The molecule has 0 unspecified atom stereocenters. The van der Waals surface area contributed by atoms with Crippen molar-refractivity contribution in [1.29, 1.82) is 0 Å². The number of hydrogen-bond acceptors (Lipinski definition) is 1. The van der Waals surface area contributed by atoms with Crippen LogP contribution in [0.4, 0.5) is 0 Å². The van der Waals surface area contributed by atoms with Crippen LogP contribution in [0.5, 0.6) is 0 Å². The number of nitrogens with zero attached hydrogens (tertiary/aromatic N) is 1. The lowest BCUT2D eigenvalue weighted by atomic mass is 10.1. The van der Waals surface area contributed by atoms with Crippen LogP contribution in [0.3, 0.4) is 0 Å². The molecule has 1 N–H and O–H groups in total. The molecule has 0 amide bonds. The van der Waals surface area contributed by atoms with Crippen LogP contribution in [-0.2, 0) is 7.05 Å². The smallest absolute Gasteiger partial charge is 0.352 e. The van der Waals surface area contributed by atoms with E-state index in [1.165, 1.54) is 0 Å². The van der Waals surface area contributed by atoms with E-state index in [0.29, 0.717) is 5.02 Å². The highest BCUT2D eigenvalue weighted by molar-refractivity contribution is 9.10. The molecule has 1 aromatic heterocycles. The van der Waals surface area contributed by atoms with E-state index in [4.69, 9.17) is 16.7 Å². The van der Waals surface area contributed by atoms with Gasteiger partial charge in [0.15, 0.2) is 0 Å². The van der Waals surface area contributed by atoms with Crippen LogP contribution in [0, 0.1) is 0 Å². The van der Waals surface area contributed by atoms with E-state index in [0.717, 1.165) is 15.7 Å². The summed E-state index contributed by atoms with van der Waals surface area (Å²) in [7, 11) is 1.71. The van der Waals surface area contributed by atoms with Gasteiger partial charge >= 0.3 is 5.97 Å². The molecule has 0 atom stereocenters. The van der Waals surface area contributed by atoms with Crippen LogP contribution >= 0.6 is 27.5 Å². The predicted molar refractivity (Wildman–Crippen MR) is 70.5 cm³/mol. The summed E-state index contributed by atoms with van der Waals surface area (Å²) < 4.78 is 2.50. The van der Waals surface area contributed by atoms with Gasteiger partial charge in [-0.1, -0.05) is 27.5 Å². The minimum atomic E-state index is -0.947. The molecule has 1 aromatic carbocycles. The van der Waals surface area contributed by atoms with Crippen molar-refractivity contribution in [1.82, 2.24) is 4.57 Å². The molecule has 0 aliphatic heterocycles. The van der Waals surface area contributed by atoms with Crippen LogP contribution < -0.4 is 0 Å². The summed E-state index contributed by atoms with van der Waals surface area (Å²) >= 11 is 9.37. The Morgan fingerprint density at radius 3 is 2.65 bits per heavy atom. The molecule has 88 valence electrons. The first-order valence-corrected chi connectivity index (χ1v) is 6.02. The van der Waals surface area contributed by atoms with Crippen molar-refractivity contribution in [2.24, 2.45) is 7.05 Å². The van der Waals surface area contributed by atoms with Crippen molar-refractivity contribution in [2.75, 3.05) is 0 Å². The van der Waals surface area contributed by atoms with Crippen molar-refractivity contribution >= 4 is 33.5 Å². The van der Waals surface area contributed by atoms with Crippen molar-refractivity contribution in [3.05, 3.63) is 45.5 Å². The lowest BCUT2D eigenvalue weighted by Crippen LogP contribution is -2.05. The topological polar surface area (TPSA) is 42.2 Å². The van der Waals surface area contributed by atoms with Crippen LogP contribution in [0.1, 0.15) is 10.5 Å². The number of carboxylic acid groups (broad SMARTS) is 1. The number of benzene rings is 1. The van der Waals surface area contributed by atoms with Crippen LogP contribution in [-0.4, -0.2) is 15.6 Å². The summed E-state index contributed by atoms with van der Waals surface area (Å²) in [5.74, 6) is -0.947. The molecule has 2 aromatic rings. The van der Waals surface area contributed by atoms with Crippen LogP contribution in [0.15, 0.2) is 34.8 Å². The first-order valence-electron chi connectivity index (χ1n) is 4.85. The molecule has 3 nitrogen and oxygen atoms in total. The minimum absolute atomic E-state index is 0.242. The van der Waals surface area contributed by atoms with E-state index in [2.05, 4.69) is 15.9 Å². The zero-order chi connectivity index (χ0) is 12.6. The van der Waals surface area contributed by atoms with Crippen molar-refractivity contribution < 1.29 is 9.90 Å². The second kappa shape index (κ2) is 4.55. The van der Waals surface area contributed by atoms with E-state index in [1.807, 2.05) is 6.07 Å². The SMILES string of the molecule is Cn1c(C(=O)O)ccc1-c1cc(Cl)ccc1Br. The Labute approximate surface area is 112 Å². The molecule has 0 saturated carbocycles. The summed E-state index contributed by atoms with van der Waals surface area (Å²) in [6.45, 7) is 0. The Bertz CT molecular complexity index is 592. The molecule has 0 spiro atoms. The third-order valence-corrected chi connectivity index (χ3v) is 3.47. The van der Waals surface area contributed by atoms with Gasteiger partial charge in [-0.05, 0) is 30.3 Å². The Morgan fingerprint density at radius 1 is 1.35 bits per heavy atom. The maximum Gasteiger partial charge on any atom is 0.352 e. The Hall–Kier alpha value is -1.26. The third-order valence-electron chi connectivity index (χ3n) is 2.55. The average Bonchev–Trinajstić information content (AvgIpc) is 2.64. The second-order valence-electron chi connectivity index (χ2n) is 3.59. The molecule has 5 heteroatoms. The van der Waals surface area contributed by atoms with E-state index >= 15 is 0 Å². The summed E-state index contributed by atoms with van der Waals surface area (Å²) in [6.07, 6.45) is 0. The van der Waals surface area contributed by atoms with Crippen LogP contribution in [0.25, 0.3) is 11.3 Å². The maximum absolute atomic E-state index is 11.0. The molecular formula is C12H9BrClNO2. The number of carbonyl (C=O) groups is 1. The van der Waals surface area contributed by atoms with Crippen LogP contribution in [0.2, 0.25) is 5.02 Å². The number of aromatic carboxylic acids is 1. The number of aromatic nitrogens is 1. The molecule has 0 fully saturated rings. The summed E-state index contributed by atoms with van der Waals surface area (Å²) in [5, 5.41) is 9.60. The Morgan fingerprint density at radius 2 is 2.06 bits per heavy atom. The number of carboxylic acids is 1. The number of rotatable bonds is 2. The minimum Gasteiger partial charge on any atom is -0.477 e. The molecule has 17 heavy (non-hydrogen) atoms. The molecule has 0 aliphatic rings. The standard InChI is InChI=1S/C12H9BrClNO2/c1-15-10(4-5-11(15)12(16)17)8-6-7(14)2-3-9(8)13/h2-6H,1H3,(H,16,17). The van der Waals surface area contributed by atoms with Gasteiger partial charge in [0.25, 0.3) is 0 Å². The third kappa shape index (κ3) is 2.23. The van der Waals surface area contributed by atoms with E-state index in [9.17, 15) is 4.79 Å². The van der Waals surface area contributed by atoms with Crippen molar-refractivity contribution in [3.8, 4) is 11.3 Å². The fraction of sp³-hybridized carbons (Fsp3) is 0.0833. The van der Waals surface area contributed by atoms with Crippen molar-refractivity contribution in [3.63, 3.8) is 0 Å². The van der Waals surface area contributed by atoms with E-state index in [1.54, 1.807) is 35.9 Å². The van der Waals surface area contributed by atoms with Gasteiger partial charge in [-0.25, -0.2) is 4.79 Å². The largest absolute Gasteiger partial charge is 0.477 e. The fourth-order valence-corrected chi connectivity index (χ4v) is 2.31. The zero-order valence-electron chi connectivity index (χ0n) is 8.95. The van der Waals surface area contributed by atoms with Gasteiger partial charge in [-0.2, -0.15) is 0 Å². The molecular weight excluding hydrogens is 305 g/mol. The lowest BCUT2D eigenvalue weighted by Gasteiger charge is -2.08. The summed E-state index contributed by atoms with van der Waals surface area (Å²) in [4.78, 5) is 11.0. The highest BCUT2D eigenvalue weighted by atomic mass is 79.9. The van der Waals surface area contributed by atoms with E-state index in [-0.39, 0.29) is 5.69 Å². The first kappa shape index (κ1) is 12.2. The first-order chi connectivity index (χ1) is 8.00. The maximum atomic E-state index is 11.0. The Balaban J connectivity index is 2.61. The molecule has 0 radical (unpaired) electrons. The van der Waals surface area contributed by atoms with Crippen molar-refractivity contribution in [2.45, 2.75) is 0 Å². The second-order valence-corrected chi connectivity index (χ2v) is 4.88. The summed E-state index contributed by atoms with van der Waals surface area (Å²) in [5.41, 5.74) is 1.91. The highest BCUT2D eigenvalue weighted by Crippen LogP contribution is 2.31. The monoisotopic (exact) mass is 313 g/mol. The molecule has 0 saturated heterocycles. The van der Waals surface area contributed by atoms with Gasteiger partial charge in [0, 0.05) is 27.8 Å². The normalized spacial score (nSPS) is 10.5. The highest BCUT2D eigenvalue weighted by Gasteiger charge is 2.14. The molecule has 2 rings (SSSR count). The molecule has 0 aliphatic carbocycles. The van der Waals surface area contributed by atoms with Gasteiger partial charge in [-0.3, -0.25) is 0 Å². The van der Waals surface area contributed by atoms with E-state index < -0.39 is 5.97 Å². The molecule has 1 heterocycles. The average molecular weight is 315 g/mol. The van der Waals surface area contributed by atoms with Gasteiger partial charge in [0.1, 0.15) is 5.69 Å². The van der Waals surface area contributed by atoms with Gasteiger partial charge < -0.3 is 9.67 Å². The Kier molecular flexibility index (Phi) is 3.26. The lowest BCUT2D eigenvalue weighted by molar-refractivity contribution is 0.0687.